The summed E-state index contributed by atoms with van der Waals surface area (Å²) in [4.78, 5) is 22.2. The molecule has 1 atom stereocenters. The van der Waals surface area contributed by atoms with Crippen molar-refractivity contribution in [2.24, 2.45) is 0 Å². The number of hydrazine groups is 2. The van der Waals surface area contributed by atoms with E-state index in [2.05, 4.69) is 26.4 Å². The first-order valence-electron chi connectivity index (χ1n) is 6.79. The minimum Gasteiger partial charge on any atom is -0.460 e. The molecule has 2 aliphatic rings. The topological polar surface area (TPSA) is 91.4 Å². The van der Waals surface area contributed by atoms with Gasteiger partial charge in [-0.05, 0) is 6.07 Å². The average Bonchev–Trinajstić information content (AvgIpc) is 3.03. The highest BCUT2D eigenvalue weighted by Gasteiger charge is 2.30. The zero-order valence-electron chi connectivity index (χ0n) is 11.1. The number of rotatable bonds is 3. The van der Waals surface area contributed by atoms with Gasteiger partial charge in [-0.2, -0.15) is 5.53 Å². The van der Waals surface area contributed by atoms with E-state index in [4.69, 9.17) is 4.74 Å². The van der Waals surface area contributed by atoms with E-state index in [1.165, 1.54) is 0 Å². The maximum absolute atomic E-state index is 12.2. The van der Waals surface area contributed by atoms with Crippen LogP contribution in [0.15, 0.2) is 18.5 Å². The molecule has 2 fully saturated rings. The number of nitrogens with one attached hydrogen (secondary N) is 3. The van der Waals surface area contributed by atoms with Crippen LogP contribution in [-0.4, -0.2) is 52.6 Å². The third-order valence-electron chi connectivity index (χ3n) is 3.51. The normalized spacial score (nSPS) is 23.8. The van der Waals surface area contributed by atoms with Gasteiger partial charge in [0.05, 0.1) is 0 Å². The monoisotopic (exact) mass is 278 g/mol. The number of nitrogens with zero attached hydrogens (tertiary/aromatic N) is 3. The number of likely N-dealkylation sites (tertiary alicyclic amines) is 1. The van der Waals surface area contributed by atoms with Crippen LogP contribution in [0.5, 0.6) is 6.01 Å². The molecule has 0 bridgehead atoms. The fourth-order valence-corrected chi connectivity index (χ4v) is 2.40. The molecule has 0 spiro atoms. The number of ether oxygens (including phenoxy) is 1. The highest BCUT2D eigenvalue weighted by Crippen LogP contribution is 2.16. The smallest absolute Gasteiger partial charge is 0.316 e. The summed E-state index contributed by atoms with van der Waals surface area (Å²) in [5.41, 5.74) is 8.53. The van der Waals surface area contributed by atoms with Gasteiger partial charge in [-0.1, -0.05) is 0 Å². The molecule has 0 saturated carbocycles. The Morgan fingerprint density at radius 3 is 2.70 bits per heavy atom. The molecule has 2 saturated heterocycles. The van der Waals surface area contributed by atoms with Gasteiger partial charge in [-0.15, -0.1) is 0 Å². The van der Waals surface area contributed by atoms with Gasteiger partial charge >= 0.3 is 6.01 Å². The first kappa shape index (κ1) is 13.2. The predicted molar refractivity (Wildman–Crippen MR) is 70.3 cm³/mol. The number of hydrogen-bond acceptors (Lipinski definition) is 7. The van der Waals surface area contributed by atoms with Crippen molar-refractivity contribution in [2.45, 2.75) is 25.0 Å². The summed E-state index contributed by atoms with van der Waals surface area (Å²) in [5.74, 6) is 0.122. The Hall–Kier alpha value is -1.77. The van der Waals surface area contributed by atoms with E-state index >= 15 is 0 Å². The molecule has 0 aromatic carbocycles. The Morgan fingerprint density at radius 1 is 1.30 bits per heavy atom. The molecular weight excluding hydrogens is 260 g/mol. The third kappa shape index (κ3) is 3.03. The second kappa shape index (κ2) is 6.12. The van der Waals surface area contributed by atoms with Crippen molar-refractivity contribution in [1.82, 2.24) is 31.3 Å². The van der Waals surface area contributed by atoms with Gasteiger partial charge in [-0.3, -0.25) is 4.79 Å². The summed E-state index contributed by atoms with van der Waals surface area (Å²) in [7, 11) is 0. The Kier molecular flexibility index (Phi) is 4.05. The summed E-state index contributed by atoms with van der Waals surface area (Å²) in [5, 5.41) is 0. The first-order valence-corrected chi connectivity index (χ1v) is 6.79. The van der Waals surface area contributed by atoms with Gasteiger partial charge in [0.1, 0.15) is 12.1 Å². The van der Waals surface area contributed by atoms with E-state index in [9.17, 15) is 4.79 Å². The maximum Gasteiger partial charge on any atom is 0.316 e. The minimum atomic E-state index is -0.190. The number of piperidine rings is 1. The molecule has 0 aliphatic carbocycles. The van der Waals surface area contributed by atoms with Crippen LogP contribution >= 0.6 is 0 Å². The lowest BCUT2D eigenvalue weighted by atomic mass is 10.1. The molecule has 3 rings (SSSR count). The summed E-state index contributed by atoms with van der Waals surface area (Å²) < 4.78 is 5.71. The van der Waals surface area contributed by atoms with E-state index in [-0.39, 0.29) is 18.1 Å². The maximum atomic E-state index is 12.2. The fraction of sp³-hybridized carbons (Fsp3) is 0.583. The molecule has 108 valence electrons. The van der Waals surface area contributed by atoms with Crippen molar-refractivity contribution < 1.29 is 9.53 Å². The first-order chi connectivity index (χ1) is 9.83. The van der Waals surface area contributed by atoms with Crippen molar-refractivity contribution in [3.63, 3.8) is 0 Å². The van der Waals surface area contributed by atoms with Crippen LogP contribution in [0, 0.1) is 0 Å². The standard InChI is InChI=1S/C12H18N6O2/c19-11(10-8-15-17-16-10)18-6-2-9(3-7-18)20-12-13-4-1-5-14-12/h1,4-5,9-10,15-17H,2-3,6-8H2. The number of carbonyl (C=O) groups excluding carboxylic acids is 1. The van der Waals surface area contributed by atoms with E-state index in [0.717, 1.165) is 12.8 Å². The Labute approximate surface area is 116 Å². The molecule has 20 heavy (non-hydrogen) atoms. The molecule has 1 amide bonds. The van der Waals surface area contributed by atoms with Crippen LogP contribution in [-0.2, 0) is 4.79 Å². The van der Waals surface area contributed by atoms with E-state index in [0.29, 0.717) is 25.6 Å². The van der Waals surface area contributed by atoms with Gasteiger partial charge < -0.3 is 9.64 Å². The van der Waals surface area contributed by atoms with Gasteiger partial charge in [0, 0.05) is 44.9 Å². The number of hydrogen-bond donors (Lipinski definition) is 3. The quantitative estimate of drug-likeness (QED) is 0.641. The zero-order valence-corrected chi connectivity index (χ0v) is 11.1. The molecule has 2 aliphatic heterocycles. The highest BCUT2D eigenvalue weighted by atomic mass is 16.5. The number of amides is 1. The van der Waals surface area contributed by atoms with E-state index in [1.807, 2.05) is 4.90 Å². The van der Waals surface area contributed by atoms with Crippen LogP contribution in [0.1, 0.15) is 12.8 Å². The van der Waals surface area contributed by atoms with Crippen LogP contribution in [0.2, 0.25) is 0 Å². The number of aromatic nitrogens is 2. The Balaban J connectivity index is 1.48. The summed E-state index contributed by atoms with van der Waals surface area (Å²) >= 11 is 0. The molecular formula is C12H18N6O2. The number of carbonyl (C=O) groups is 1. The van der Waals surface area contributed by atoms with Crippen molar-refractivity contribution in [1.29, 1.82) is 0 Å². The minimum absolute atomic E-state index is 0.0780. The molecule has 0 radical (unpaired) electrons. The van der Waals surface area contributed by atoms with Gasteiger partial charge in [0.2, 0.25) is 5.91 Å². The molecule has 3 heterocycles. The summed E-state index contributed by atoms with van der Waals surface area (Å²) in [6.07, 6.45) is 5.00. The van der Waals surface area contributed by atoms with Crippen molar-refractivity contribution in [3.05, 3.63) is 18.5 Å². The van der Waals surface area contributed by atoms with Crippen LogP contribution < -0.4 is 21.1 Å². The molecule has 1 aromatic rings. The molecule has 1 aromatic heterocycles. The highest BCUT2D eigenvalue weighted by molar-refractivity contribution is 5.82. The van der Waals surface area contributed by atoms with Crippen LogP contribution in [0.3, 0.4) is 0 Å². The second-order valence-electron chi connectivity index (χ2n) is 4.88. The second-order valence-corrected chi connectivity index (χ2v) is 4.88. The van der Waals surface area contributed by atoms with Gasteiger partial charge in [0.15, 0.2) is 0 Å². The lowest BCUT2D eigenvalue weighted by Gasteiger charge is -2.32. The molecule has 3 N–H and O–H groups in total. The van der Waals surface area contributed by atoms with Crippen molar-refractivity contribution in [3.8, 4) is 6.01 Å². The van der Waals surface area contributed by atoms with E-state index in [1.54, 1.807) is 18.5 Å². The molecule has 8 nitrogen and oxygen atoms in total. The SMILES string of the molecule is O=C(C1CNNN1)N1CCC(Oc2ncccn2)CC1. The average molecular weight is 278 g/mol. The van der Waals surface area contributed by atoms with Gasteiger partial charge in [-0.25, -0.2) is 20.8 Å². The Bertz CT molecular complexity index is 443. The van der Waals surface area contributed by atoms with Crippen molar-refractivity contribution in [2.75, 3.05) is 19.6 Å². The Morgan fingerprint density at radius 2 is 2.05 bits per heavy atom. The fourth-order valence-electron chi connectivity index (χ4n) is 2.40. The summed E-state index contributed by atoms with van der Waals surface area (Å²) in [6, 6.07) is 1.97. The van der Waals surface area contributed by atoms with Crippen molar-refractivity contribution >= 4 is 5.91 Å². The van der Waals surface area contributed by atoms with Gasteiger partial charge in [0.25, 0.3) is 0 Å². The van der Waals surface area contributed by atoms with Crippen LogP contribution in [0.25, 0.3) is 0 Å². The lowest BCUT2D eigenvalue weighted by molar-refractivity contribution is -0.134. The van der Waals surface area contributed by atoms with E-state index < -0.39 is 0 Å². The third-order valence-corrected chi connectivity index (χ3v) is 3.51. The summed E-state index contributed by atoms with van der Waals surface area (Å²) in [6.45, 7) is 2.01. The molecule has 1 unspecified atom stereocenters. The largest absolute Gasteiger partial charge is 0.460 e. The predicted octanol–water partition coefficient (Wildman–Crippen LogP) is -1.17. The molecule has 8 heteroatoms. The lowest BCUT2D eigenvalue weighted by Crippen LogP contribution is -2.50. The zero-order chi connectivity index (χ0) is 13.8. The van der Waals surface area contributed by atoms with Crippen LogP contribution in [0.4, 0.5) is 0 Å².